The predicted octanol–water partition coefficient (Wildman–Crippen LogP) is 3.46. The Hall–Kier alpha value is -3.48. The minimum Gasteiger partial charge on any atom is -0.337 e. The van der Waals surface area contributed by atoms with Gasteiger partial charge in [-0.15, -0.1) is 5.10 Å². The van der Waals surface area contributed by atoms with Crippen LogP contribution < -0.4 is 5.32 Å². The lowest BCUT2D eigenvalue weighted by molar-refractivity contribution is -0.132. The largest absolute Gasteiger partial charge is 0.337 e. The number of anilines is 2. The molecule has 5 rings (SSSR count). The second kappa shape index (κ2) is 7.16. The maximum atomic E-state index is 12.6. The quantitative estimate of drug-likeness (QED) is 0.745. The zero-order chi connectivity index (χ0) is 19.8. The highest BCUT2D eigenvalue weighted by atomic mass is 16.2. The molecule has 0 saturated carbocycles. The van der Waals surface area contributed by atoms with Crippen LogP contribution in [0.15, 0.2) is 59.6 Å². The summed E-state index contributed by atoms with van der Waals surface area (Å²) >= 11 is 0. The number of benzene rings is 2. The van der Waals surface area contributed by atoms with Gasteiger partial charge in [0.25, 0.3) is 0 Å². The first kappa shape index (κ1) is 17.6. The summed E-state index contributed by atoms with van der Waals surface area (Å²) in [6.45, 7) is 4.02. The van der Waals surface area contributed by atoms with E-state index in [2.05, 4.69) is 32.5 Å². The van der Waals surface area contributed by atoms with Gasteiger partial charge in [0.15, 0.2) is 0 Å². The van der Waals surface area contributed by atoms with E-state index in [9.17, 15) is 4.79 Å². The summed E-state index contributed by atoms with van der Waals surface area (Å²) in [5, 5.41) is 7.86. The van der Waals surface area contributed by atoms with Crippen LogP contribution in [0, 0.1) is 12.8 Å². The number of carbonyl (C=O) groups is 1. The number of aromatic nitrogens is 3. The van der Waals surface area contributed by atoms with E-state index in [0.29, 0.717) is 38.0 Å². The molecule has 1 unspecified atom stereocenters. The molecule has 2 aliphatic heterocycles. The number of rotatable bonds is 4. The number of para-hydroxylation sites is 1. The van der Waals surface area contributed by atoms with Crippen LogP contribution in [0.25, 0.3) is 0 Å². The molecular formula is C22H22N6O. The Morgan fingerprint density at radius 1 is 1.07 bits per heavy atom. The molecule has 0 bridgehead atoms. The third-order valence-corrected chi connectivity index (χ3v) is 5.49. The molecule has 29 heavy (non-hydrogen) atoms. The molecule has 1 fully saturated rings. The number of nitrogens with one attached hydrogen (secondary N) is 1. The Morgan fingerprint density at radius 2 is 1.86 bits per heavy atom. The van der Waals surface area contributed by atoms with Crippen molar-refractivity contribution in [1.29, 1.82) is 0 Å². The first-order valence-electron chi connectivity index (χ1n) is 9.82. The molecule has 3 aromatic rings. The molecule has 0 aliphatic carbocycles. The van der Waals surface area contributed by atoms with Crippen molar-refractivity contribution in [2.75, 3.05) is 11.9 Å². The smallest absolute Gasteiger partial charge is 0.249 e. The first-order chi connectivity index (χ1) is 14.2. The van der Waals surface area contributed by atoms with E-state index in [4.69, 9.17) is 0 Å². The van der Waals surface area contributed by atoms with Crippen LogP contribution >= 0.6 is 0 Å². The van der Waals surface area contributed by atoms with E-state index in [0.717, 1.165) is 22.5 Å². The molecule has 3 heterocycles. The molecular weight excluding hydrogens is 364 g/mol. The van der Waals surface area contributed by atoms with E-state index in [-0.39, 0.29) is 11.8 Å². The lowest BCUT2D eigenvalue weighted by Gasteiger charge is -2.35. The molecule has 146 valence electrons. The molecule has 0 radical (unpaired) electrons. The topological polar surface area (TPSA) is 75.4 Å². The van der Waals surface area contributed by atoms with Crippen LogP contribution in [0.1, 0.15) is 17.5 Å². The molecule has 7 nitrogen and oxygen atoms in total. The van der Waals surface area contributed by atoms with E-state index < -0.39 is 0 Å². The van der Waals surface area contributed by atoms with E-state index in [1.807, 2.05) is 59.0 Å². The number of aryl methyl sites for hydroxylation is 1. The summed E-state index contributed by atoms with van der Waals surface area (Å²) in [5.74, 6) is 1.40. The van der Waals surface area contributed by atoms with Gasteiger partial charge in [0.1, 0.15) is 0 Å². The summed E-state index contributed by atoms with van der Waals surface area (Å²) in [6.07, 6.45) is 0.352. The number of likely N-dealkylation sites (tertiary alicyclic amines) is 1. The molecule has 2 aliphatic rings. The maximum Gasteiger partial charge on any atom is 0.249 e. The number of piperidine rings is 1. The summed E-state index contributed by atoms with van der Waals surface area (Å²) in [4.78, 5) is 23.7. The van der Waals surface area contributed by atoms with Crippen molar-refractivity contribution in [3.63, 3.8) is 0 Å². The fourth-order valence-electron chi connectivity index (χ4n) is 3.90. The summed E-state index contributed by atoms with van der Waals surface area (Å²) in [7, 11) is 0. The maximum absolute atomic E-state index is 12.6. The Bertz CT molecular complexity index is 1090. The van der Waals surface area contributed by atoms with E-state index in [1.165, 1.54) is 0 Å². The molecule has 1 amide bonds. The number of amides is 1. The third kappa shape index (κ3) is 3.51. The minimum atomic E-state index is 0.120. The van der Waals surface area contributed by atoms with Gasteiger partial charge < -0.3 is 10.2 Å². The predicted molar refractivity (Wildman–Crippen MR) is 112 cm³/mol. The highest BCUT2D eigenvalue weighted by molar-refractivity contribution is 6.05. The van der Waals surface area contributed by atoms with Gasteiger partial charge in [0.05, 0.1) is 13.0 Å². The number of hydrogen-bond donors (Lipinski definition) is 1. The molecule has 0 spiro atoms. The number of aliphatic imine (C=N–C) groups is 1. The Morgan fingerprint density at radius 3 is 2.69 bits per heavy atom. The molecule has 7 heteroatoms. The van der Waals surface area contributed by atoms with Crippen LogP contribution in [0.2, 0.25) is 0 Å². The first-order valence-corrected chi connectivity index (χ1v) is 9.82. The van der Waals surface area contributed by atoms with Gasteiger partial charge in [-0.3, -0.25) is 4.79 Å². The minimum absolute atomic E-state index is 0.120. The van der Waals surface area contributed by atoms with Crippen molar-refractivity contribution in [1.82, 2.24) is 19.7 Å². The van der Waals surface area contributed by atoms with E-state index >= 15 is 0 Å². The molecule has 1 aromatic heterocycles. The van der Waals surface area contributed by atoms with Crippen LogP contribution in [0.3, 0.4) is 0 Å². The highest BCUT2D eigenvalue weighted by Crippen LogP contribution is 2.29. The van der Waals surface area contributed by atoms with Gasteiger partial charge in [0.2, 0.25) is 17.8 Å². The monoisotopic (exact) mass is 386 g/mol. The van der Waals surface area contributed by atoms with Crippen LogP contribution in [-0.2, 0) is 17.9 Å². The van der Waals surface area contributed by atoms with Gasteiger partial charge in [-0.25, -0.2) is 9.67 Å². The second-order valence-electron chi connectivity index (χ2n) is 7.59. The second-order valence-corrected chi connectivity index (χ2v) is 7.59. The Labute approximate surface area is 169 Å². The van der Waals surface area contributed by atoms with Gasteiger partial charge in [-0.1, -0.05) is 48.5 Å². The van der Waals surface area contributed by atoms with Crippen LogP contribution in [0.5, 0.6) is 0 Å². The molecule has 1 atom stereocenters. The van der Waals surface area contributed by atoms with Gasteiger partial charge in [-0.2, -0.15) is 4.98 Å². The average Bonchev–Trinajstić information content (AvgIpc) is 3.10. The number of hydrogen-bond acceptors (Lipinski definition) is 5. The fraction of sp³-hybridized carbons (Fsp3) is 0.273. The zero-order valence-electron chi connectivity index (χ0n) is 16.2. The van der Waals surface area contributed by atoms with Crippen LogP contribution in [-0.4, -0.2) is 37.8 Å². The van der Waals surface area contributed by atoms with E-state index in [1.54, 1.807) is 0 Å². The van der Waals surface area contributed by atoms with Crippen molar-refractivity contribution in [2.45, 2.75) is 26.4 Å². The standard InChI is InChI=1S/C22H22N6O/c1-15-7-5-6-10-18(15)23-21-25-22-24-19-11-20(29)27(12-16-8-3-2-4-9-16)13-17(19)14-28(22)26-21/h2-10,17H,11-14H2,1H3,(H,23,26). The fourth-order valence-corrected chi connectivity index (χ4v) is 3.90. The van der Waals surface area contributed by atoms with Crippen LogP contribution in [0.4, 0.5) is 17.6 Å². The van der Waals surface area contributed by atoms with Gasteiger partial charge >= 0.3 is 0 Å². The molecule has 2 aromatic carbocycles. The zero-order valence-corrected chi connectivity index (χ0v) is 16.2. The number of nitrogens with zero attached hydrogens (tertiary/aromatic N) is 5. The van der Waals surface area contributed by atoms with Gasteiger partial charge in [-0.05, 0) is 24.1 Å². The number of carbonyl (C=O) groups excluding carboxylic acids is 1. The number of fused-ring (bicyclic) bond motifs is 2. The normalized spacial score (nSPS) is 18.1. The van der Waals surface area contributed by atoms with Crippen molar-refractivity contribution < 1.29 is 4.79 Å². The van der Waals surface area contributed by atoms with Crippen molar-refractivity contribution in [3.05, 3.63) is 65.7 Å². The van der Waals surface area contributed by atoms with Crippen molar-refractivity contribution in [3.8, 4) is 0 Å². The third-order valence-electron chi connectivity index (χ3n) is 5.49. The molecule has 1 N–H and O–H groups in total. The van der Waals surface area contributed by atoms with Crippen molar-refractivity contribution in [2.24, 2.45) is 10.9 Å². The van der Waals surface area contributed by atoms with Gasteiger partial charge in [0, 0.05) is 30.4 Å². The Balaban J connectivity index is 1.34. The van der Waals surface area contributed by atoms with Crippen molar-refractivity contribution >= 4 is 29.2 Å². The lowest BCUT2D eigenvalue weighted by Crippen LogP contribution is -2.46. The average molecular weight is 386 g/mol. The summed E-state index contributed by atoms with van der Waals surface area (Å²) in [5.41, 5.74) is 4.16. The summed E-state index contributed by atoms with van der Waals surface area (Å²) in [6, 6.07) is 18.1. The lowest BCUT2D eigenvalue weighted by atomic mass is 9.93. The highest BCUT2D eigenvalue weighted by Gasteiger charge is 2.34. The summed E-state index contributed by atoms with van der Waals surface area (Å²) < 4.78 is 1.84. The Kier molecular flexibility index (Phi) is 4.35. The SMILES string of the molecule is Cc1ccccc1Nc1nc2n(n1)CC1CN(Cc3ccccc3)C(=O)CC1=N2. The molecule has 1 saturated heterocycles.